The number of rotatable bonds is 10. The maximum atomic E-state index is 12.8. The molecule has 1 aliphatic rings. The summed E-state index contributed by atoms with van der Waals surface area (Å²) in [7, 11) is 0.363. The van der Waals surface area contributed by atoms with Gasteiger partial charge in [-0.1, -0.05) is 0 Å². The van der Waals surface area contributed by atoms with Crippen molar-refractivity contribution in [1.82, 2.24) is 0 Å². The van der Waals surface area contributed by atoms with Gasteiger partial charge in [0.25, 0.3) is 10.0 Å². The molecule has 1 heterocycles. The highest BCUT2D eigenvalue weighted by Gasteiger charge is 2.21. The van der Waals surface area contributed by atoms with Crippen LogP contribution in [0.25, 0.3) is 0 Å². The topological polar surface area (TPSA) is 136 Å². The monoisotopic (exact) mass is 543 g/mol. The fourth-order valence-electron chi connectivity index (χ4n) is 3.62. The van der Waals surface area contributed by atoms with Crippen molar-refractivity contribution in [2.75, 3.05) is 45.9 Å². The van der Waals surface area contributed by atoms with Crippen LogP contribution in [0.15, 0.2) is 59.5 Å². The number of ether oxygens (including phenoxy) is 6. The lowest BCUT2D eigenvalue weighted by Gasteiger charge is -2.19. The standard InChI is InChI=1S/C26H25NO10S/c1-32-23-12-17(13-24(33-2)25(23)34-3)20(28)15-37-26(29)16-4-6-18(7-5-16)27-38(30,31)19-8-9-21-22(14-19)36-11-10-35-21/h4-9,12-14,27H,10-11,15H2,1-3H3. The van der Waals surface area contributed by atoms with E-state index < -0.39 is 28.4 Å². The molecular formula is C26H25NO10S. The number of carbonyl (C=O) groups excluding carboxylic acids is 2. The molecule has 12 heteroatoms. The first-order valence-electron chi connectivity index (χ1n) is 11.3. The summed E-state index contributed by atoms with van der Waals surface area (Å²) in [6.45, 7) is 0.191. The molecule has 0 unspecified atom stereocenters. The average molecular weight is 544 g/mol. The highest BCUT2D eigenvalue weighted by molar-refractivity contribution is 7.92. The van der Waals surface area contributed by atoms with Gasteiger partial charge in [-0.25, -0.2) is 13.2 Å². The molecule has 0 bridgehead atoms. The van der Waals surface area contributed by atoms with Crippen molar-refractivity contribution in [2.45, 2.75) is 4.90 Å². The summed E-state index contributed by atoms with van der Waals surface area (Å²) in [5, 5.41) is 0. The predicted octanol–water partition coefficient (Wildman–Crippen LogP) is 3.32. The lowest BCUT2D eigenvalue weighted by atomic mass is 10.1. The van der Waals surface area contributed by atoms with Crippen LogP contribution in [0.1, 0.15) is 20.7 Å². The lowest BCUT2D eigenvalue weighted by Crippen LogP contribution is -2.17. The number of carbonyl (C=O) groups is 2. The molecule has 0 spiro atoms. The molecule has 0 radical (unpaired) electrons. The van der Waals surface area contributed by atoms with Crippen LogP contribution in [-0.2, 0) is 14.8 Å². The van der Waals surface area contributed by atoms with Crippen molar-refractivity contribution in [3.8, 4) is 28.7 Å². The third-order valence-corrected chi connectivity index (χ3v) is 6.90. The predicted molar refractivity (Wildman–Crippen MR) is 135 cm³/mol. The fraction of sp³-hybridized carbons (Fsp3) is 0.231. The van der Waals surface area contributed by atoms with E-state index in [0.717, 1.165) is 0 Å². The van der Waals surface area contributed by atoms with Crippen LogP contribution in [0.5, 0.6) is 28.7 Å². The van der Waals surface area contributed by atoms with Crippen molar-refractivity contribution in [3.05, 3.63) is 65.7 Å². The van der Waals surface area contributed by atoms with Gasteiger partial charge in [-0.05, 0) is 48.5 Å². The maximum Gasteiger partial charge on any atom is 0.338 e. The average Bonchev–Trinajstić information content (AvgIpc) is 2.94. The van der Waals surface area contributed by atoms with Crippen LogP contribution in [-0.4, -0.2) is 61.3 Å². The summed E-state index contributed by atoms with van der Waals surface area (Å²) < 4.78 is 59.7. The van der Waals surface area contributed by atoms with Gasteiger partial charge in [0.15, 0.2) is 29.6 Å². The van der Waals surface area contributed by atoms with Crippen LogP contribution in [0.3, 0.4) is 0 Å². The molecule has 4 rings (SSSR count). The molecule has 1 N–H and O–H groups in total. The Morgan fingerprint density at radius 3 is 2.05 bits per heavy atom. The van der Waals surface area contributed by atoms with Crippen LogP contribution >= 0.6 is 0 Å². The smallest absolute Gasteiger partial charge is 0.338 e. The second-order valence-electron chi connectivity index (χ2n) is 7.90. The molecule has 3 aromatic rings. The molecule has 0 saturated carbocycles. The number of fused-ring (bicyclic) bond motifs is 1. The number of esters is 1. The number of nitrogens with one attached hydrogen (secondary N) is 1. The Bertz CT molecular complexity index is 1430. The number of Topliss-reactive ketones (excluding diaryl/α,β-unsaturated/α-hetero) is 1. The first-order valence-corrected chi connectivity index (χ1v) is 12.8. The minimum Gasteiger partial charge on any atom is -0.493 e. The minimum atomic E-state index is -3.92. The van der Waals surface area contributed by atoms with Gasteiger partial charge in [0.05, 0.1) is 31.8 Å². The molecule has 0 amide bonds. The molecule has 38 heavy (non-hydrogen) atoms. The van der Waals surface area contributed by atoms with Gasteiger partial charge in [0.1, 0.15) is 13.2 Å². The number of methoxy groups -OCH3 is 3. The summed E-state index contributed by atoms with van der Waals surface area (Å²) >= 11 is 0. The van der Waals surface area contributed by atoms with E-state index in [4.69, 9.17) is 28.4 Å². The number of anilines is 1. The van der Waals surface area contributed by atoms with Gasteiger partial charge >= 0.3 is 5.97 Å². The number of sulfonamides is 1. The minimum absolute atomic E-state index is 0.00413. The van der Waals surface area contributed by atoms with Crippen LogP contribution in [0, 0.1) is 0 Å². The van der Waals surface area contributed by atoms with Crippen molar-refractivity contribution < 1.29 is 46.4 Å². The van der Waals surface area contributed by atoms with Crippen LogP contribution < -0.4 is 28.4 Å². The van der Waals surface area contributed by atoms with Gasteiger partial charge in [0, 0.05) is 17.3 Å². The van der Waals surface area contributed by atoms with Gasteiger partial charge < -0.3 is 28.4 Å². The molecule has 0 atom stereocenters. The summed E-state index contributed by atoms with van der Waals surface area (Å²) in [4.78, 5) is 25.1. The normalized spacial score (nSPS) is 12.3. The highest BCUT2D eigenvalue weighted by Crippen LogP contribution is 2.38. The zero-order chi connectivity index (χ0) is 27.3. The SMILES string of the molecule is COc1cc(C(=O)COC(=O)c2ccc(NS(=O)(=O)c3ccc4c(c3)OCCO4)cc2)cc(OC)c1OC. The molecule has 0 fully saturated rings. The van der Waals surface area contributed by atoms with Crippen LogP contribution in [0.4, 0.5) is 5.69 Å². The quantitative estimate of drug-likeness (QED) is 0.300. The highest BCUT2D eigenvalue weighted by atomic mass is 32.2. The number of benzene rings is 3. The van der Waals surface area contributed by atoms with Crippen molar-refractivity contribution in [3.63, 3.8) is 0 Å². The largest absolute Gasteiger partial charge is 0.493 e. The Morgan fingerprint density at radius 1 is 0.816 bits per heavy atom. The van der Waals surface area contributed by atoms with Gasteiger partial charge in [0.2, 0.25) is 11.5 Å². The Labute approximate surface area is 219 Å². The second kappa shape index (κ2) is 11.3. The van der Waals surface area contributed by atoms with E-state index in [1.165, 1.54) is 75.9 Å². The van der Waals surface area contributed by atoms with E-state index in [2.05, 4.69) is 4.72 Å². The van der Waals surface area contributed by atoms with E-state index in [9.17, 15) is 18.0 Å². The zero-order valence-corrected chi connectivity index (χ0v) is 21.6. The molecule has 0 saturated heterocycles. The first-order chi connectivity index (χ1) is 18.2. The number of hydrogen-bond donors (Lipinski definition) is 1. The van der Waals surface area contributed by atoms with Gasteiger partial charge in [-0.15, -0.1) is 0 Å². The van der Waals surface area contributed by atoms with Crippen LogP contribution in [0.2, 0.25) is 0 Å². The van der Waals surface area contributed by atoms with Gasteiger partial charge in [-0.3, -0.25) is 9.52 Å². The Balaban J connectivity index is 1.39. The molecule has 3 aromatic carbocycles. The van der Waals surface area contributed by atoms with E-state index in [-0.39, 0.29) is 33.2 Å². The first kappa shape index (κ1) is 26.6. The molecule has 0 aromatic heterocycles. The maximum absolute atomic E-state index is 12.8. The fourth-order valence-corrected chi connectivity index (χ4v) is 4.69. The number of hydrogen-bond acceptors (Lipinski definition) is 10. The molecular weight excluding hydrogens is 518 g/mol. The third-order valence-electron chi connectivity index (χ3n) is 5.52. The summed E-state index contributed by atoms with van der Waals surface area (Å²) in [5.74, 6) is 0.480. The Morgan fingerprint density at radius 2 is 1.45 bits per heavy atom. The van der Waals surface area contributed by atoms with E-state index in [1.807, 2.05) is 0 Å². The second-order valence-corrected chi connectivity index (χ2v) is 9.58. The van der Waals surface area contributed by atoms with Crippen molar-refractivity contribution in [1.29, 1.82) is 0 Å². The van der Waals surface area contributed by atoms with E-state index in [1.54, 1.807) is 0 Å². The lowest BCUT2D eigenvalue weighted by molar-refractivity contribution is 0.0474. The van der Waals surface area contributed by atoms with E-state index in [0.29, 0.717) is 30.5 Å². The zero-order valence-electron chi connectivity index (χ0n) is 20.8. The molecule has 0 aliphatic carbocycles. The summed E-state index contributed by atoms with van der Waals surface area (Å²) in [5.41, 5.74) is 0.561. The molecule has 200 valence electrons. The number of ketones is 1. The third kappa shape index (κ3) is 5.75. The Hall–Kier alpha value is -4.45. The van der Waals surface area contributed by atoms with Crippen molar-refractivity contribution in [2.24, 2.45) is 0 Å². The summed E-state index contributed by atoms with van der Waals surface area (Å²) in [6, 6.07) is 12.8. The molecule has 11 nitrogen and oxygen atoms in total. The van der Waals surface area contributed by atoms with Crippen molar-refractivity contribution >= 4 is 27.5 Å². The van der Waals surface area contributed by atoms with Gasteiger partial charge in [-0.2, -0.15) is 0 Å². The van der Waals surface area contributed by atoms with E-state index >= 15 is 0 Å². The summed E-state index contributed by atoms with van der Waals surface area (Å²) in [6.07, 6.45) is 0. The Kier molecular flexibility index (Phi) is 7.91. The molecule has 1 aliphatic heterocycles.